The molecule has 0 spiro atoms. The van der Waals surface area contributed by atoms with Crippen molar-refractivity contribution in [1.82, 2.24) is 4.90 Å². The van der Waals surface area contributed by atoms with Crippen LogP contribution in [0, 0.1) is 5.82 Å². The van der Waals surface area contributed by atoms with Crippen LogP contribution in [0.25, 0.3) is 0 Å². The molecule has 1 heterocycles. The fourth-order valence-electron chi connectivity index (χ4n) is 2.44. The molecule has 1 saturated heterocycles. The molecule has 0 saturated carbocycles. The van der Waals surface area contributed by atoms with Crippen molar-refractivity contribution in [2.45, 2.75) is 32.5 Å². The first-order valence-electron chi connectivity index (χ1n) is 6.21. The van der Waals surface area contributed by atoms with E-state index >= 15 is 0 Å². The van der Waals surface area contributed by atoms with Crippen LogP contribution in [0.5, 0.6) is 0 Å². The highest BCUT2D eigenvalue weighted by Crippen LogP contribution is 2.24. The Bertz CT molecular complexity index is 504. The molecule has 2 rings (SSSR count). The van der Waals surface area contributed by atoms with Crippen molar-refractivity contribution in [3.05, 3.63) is 34.6 Å². The van der Waals surface area contributed by atoms with Crippen LogP contribution in [0.2, 0.25) is 5.02 Å². The lowest BCUT2D eigenvalue weighted by Crippen LogP contribution is -2.53. The normalized spacial score (nSPS) is 22.4. The van der Waals surface area contributed by atoms with E-state index in [-0.39, 0.29) is 17.6 Å². The molecule has 1 aliphatic heterocycles. The zero-order valence-corrected chi connectivity index (χ0v) is 12.0. The van der Waals surface area contributed by atoms with Gasteiger partial charge in [-0.05, 0) is 39.0 Å². The highest BCUT2D eigenvalue weighted by molar-refractivity contribution is 6.31. The van der Waals surface area contributed by atoms with Crippen LogP contribution in [-0.2, 0) is 4.74 Å². The van der Waals surface area contributed by atoms with E-state index in [0.717, 1.165) is 0 Å². The number of hydrogen-bond donors (Lipinski definition) is 0. The number of amides is 1. The first-order valence-corrected chi connectivity index (χ1v) is 6.58. The fourth-order valence-corrected chi connectivity index (χ4v) is 2.61. The van der Waals surface area contributed by atoms with Gasteiger partial charge in [-0.1, -0.05) is 11.6 Å². The minimum Gasteiger partial charge on any atom is -0.369 e. The highest BCUT2D eigenvalue weighted by atomic mass is 35.5. The summed E-state index contributed by atoms with van der Waals surface area (Å²) in [5.41, 5.74) is -0.417. The number of rotatable bonds is 1. The zero-order valence-electron chi connectivity index (χ0n) is 11.2. The third-order valence-corrected chi connectivity index (χ3v) is 3.25. The largest absolute Gasteiger partial charge is 0.369 e. The van der Waals surface area contributed by atoms with Crippen molar-refractivity contribution in [1.29, 1.82) is 0 Å². The summed E-state index contributed by atoms with van der Waals surface area (Å²) in [6, 6.07) is 4.01. The number of halogens is 2. The monoisotopic (exact) mass is 285 g/mol. The zero-order chi connectivity index (χ0) is 14.2. The predicted molar refractivity (Wildman–Crippen MR) is 71.9 cm³/mol. The Morgan fingerprint density at radius 3 is 2.84 bits per heavy atom. The summed E-state index contributed by atoms with van der Waals surface area (Å²) in [5.74, 6) is -0.894. The van der Waals surface area contributed by atoms with E-state index in [1.807, 2.05) is 20.8 Å². The van der Waals surface area contributed by atoms with Gasteiger partial charge in [-0.3, -0.25) is 4.79 Å². The van der Waals surface area contributed by atoms with Gasteiger partial charge in [0.15, 0.2) is 0 Å². The van der Waals surface area contributed by atoms with Crippen LogP contribution in [0.1, 0.15) is 31.1 Å². The van der Waals surface area contributed by atoms with E-state index in [1.165, 1.54) is 18.2 Å². The van der Waals surface area contributed by atoms with E-state index < -0.39 is 11.4 Å². The van der Waals surface area contributed by atoms with Gasteiger partial charge in [-0.15, -0.1) is 0 Å². The highest BCUT2D eigenvalue weighted by Gasteiger charge is 2.34. The van der Waals surface area contributed by atoms with Crippen LogP contribution in [0.4, 0.5) is 4.39 Å². The van der Waals surface area contributed by atoms with Gasteiger partial charge >= 0.3 is 0 Å². The Kier molecular flexibility index (Phi) is 3.83. The minimum absolute atomic E-state index is 0.0115. The maximum Gasteiger partial charge on any atom is 0.257 e. The molecule has 0 aliphatic carbocycles. The number of carbonyl (C=O) groups is 1. The van der Waals surface area contributed by atoms with Crippen molar-refractivity contribution >= 4 is 17.5 Å². The van der Waals surface area contributed by atoms with Crippen molar-refractivity contribution in [2.75, 3.05) is 13.1 Å². The van der Waals surface area contributed by atoms with Gasteiger partial charge in [0.05, 0.1) is 17.3 Å². The molecule has 5 heteroatoms. The van der Waals surface area contributed by atoms with Gasteiger partial charge in [0.2, 0.25) is 0 Å². The molecule has 19 heavy (non-hydrogen) atoms. The Morgan fingerprint density at radius 2 is 2.21 bits per heavy atom. The Morgan fingerprint density at radius 1 is 1.53 bits per heavy atom. The lowest BCUT2D eigenvalue weighted by molar-refractivity contribution is -0.118. The number of morpholine rings is 1. The molecular formula is C14H17ClFNO2. The fraction of sp³-hybridized carbons (Fsp3) is 0.500. The third kappa shape index (κ3) is 3.25. The summed E-state index contributed by atoms with van der Waals surface area (Å²) < 4.78 is 19.5. The molecule has 1 fully saturated rings. The lowest BCUT2D eigenvalue weighted by Gasteiger charge is -2.41. The smallest absolute Gasteiger partial charge is 0.257 e. The van der Waals surface area contributed by atoms with Crippen LogP contribution >= 0.6 is 11.6 Å². The Balaban J connectivity index is 2.26. The van der Waals surface area contributed by atoms with Crippen LogP contribution in [0.15, 0.2) is 18.2 Å². The Labute approximate surface area is 117 Å². The summed E-state index contributed by atoms with van der Waals surface area (Å²) in [7, 11) is 0. The van der Waals surface area contributed by atoms with E-state index in [0.29, 0.717) is 18.1 Å². The summed E-state index contributed by atoms with van der Waals surface area (Å²) in [6.45, 7) is 6.61. The van der Waals surface area contributed by atoms with E-state index in [4.69, 9.17) is 16.3 Å². The van der Waals surface area contributed by atoms with Crippen molar-refractivity contribution in [2.24, 2.45) is 0 Å². The summed E-state index contributed by atoms with van der Waals surface area (Å²) in [5, 5.41) is 0.352. The maximum absolute atomic E-state index is 13.7. The molecule has 1 aromatic rings. The minimum atomic E-state index is -0.550. The molecule has 0 aromatic heterocycles. The molecule has 0 N–H and O–H groups in total. The summed E-state index contributed by atoms with van der Waals surface area (Å²) in [4.78, 5) is 14.0. The molecular weight excluding hydrogens is 269 g/mol. The molecule has 104 valence electrons. The first-order chi connectivity index (χ1) is 8.78. The van der Waals surface area contributed by atoms with Crippen molar-refractivity contribution < 1.29 is 13.9 Å². The second-order valence-corrected chi connectivity index (χ2v) is 5.93. The second kappa shape index (κ2) is 5.10. The predicted octanol–water partition coefficient (Wildman–Crippen LogP) is 3.12. The molecule has 1 aliphatic rings. The van der Waals surface area contributed by atoms with Gasteiger partial charge in [0.1, 0.15) is 5.82 Å². The molecule has 0 radical (unpaired) electrons. The molecule has 1 unspecified atom stereocenters. The van der Waals surface area contributed by atoms with Gasteiger partial charge in [-0.2, -0.15) is 0 Å². The number of benzene rings is 1. The number of nitrogens with zero attached hydrogens (tertiary/aromatic N) is 1. The van der Waals surface area contributed by atoms with Crippen molar-refractivity contribution in [3.63, 3.8) is 0 Å². The SMILES string of the molecule is CC1CN(C(=O)c2cc(Cl)ccc2F)CC(C)(C)O1. The number of hydrogen-bond acceptors (Lipinski definition) is 2. The van der Waals surface area contributed by atoms with E-state index in [2.05, 4.69) is 0 Å². The average molecular weight is 286 g/mol. The number of ether oxygens (including phenoxy) is 1. The first kappa shape index (κ1) is 14.3. The third-order valence-electron chi connectivity index (χ3n) is 3.02. The van der Waals surface area contributed by atoms with Gasteiger partial charge in [-0.25, -0.2) is 4.39 Å². The lowest BCUT2D eigenvalue weighted by atomic mass is 10.0. The van der Waals surface area contributed by atoms with Gasteiger partial charge in [0, 0.05) is 18.1 Å². The molecule has 1 amide bonds. The van der Waals surface area contributed by atoms with Crippen LogP contribution in [0.3, 0.4) is 0 Å². The Hall–Kier alpha value is -1.13. The van der Waals surface area contributed by atoms with Crippen molar-refractivity contribution in [3.8, 4) is 0 Å². The maximum atomic E-state index is 13.7. The van der Waals surface area contributed by atoms with E-state index in [1.54, 1.807) is 4.90 Å². The molecule has 0 bridgehead atoms. The standard InChI is InChI=1S/C14H17ClFNO2/c1-9-7-17(8-14(2,3)19-9)13(18)11-6-10(15)4-5-12(11)16/h4-6,9H,7-8H2,1-3H3. The summed E-state index contributed by atoms with van der Waals surface area (Å²) in [6.07, 6.45) is -0.0741. The number of carbonyl (C=O) groups excluding carboxylic acids is 1. The molecule has 1 atom stereocenters. The van der Waals surface area contributed by atoms with Gasteiger partial charge < -0.3 is 9.64 Å². The van der Waals surface area contributed by atoms with Crippen LogP contribution < -0.4 is 0 Å². The second-order valence-electron chi connectivity index (χ2n) is 5.50. The average Bonchev–Trinajstić information content (AvgIpc) is 2.29. The van der Waals surface area contributed by atoms with E-state index in [9.17, 15) is 9.18 Å². The summed E-state index contributed by atoms with van der Waals surface area (Å²) >= 11 is 5.82. The topological polar surface area (TPSA) is 29.5 Å². The van der Waals surface area contributed by atoms with Gasteiger partial charge in [0.25, 0.3) is 5.91 Å². The molecule has 1 aromatic carbocycles. The van der Waals surface area contributed by atoms with Crippen LogP contribution in [-0.4, -0.2) is 35.6 Å². The molecule has 3 nitrogen and oxygen atoms in total. The quantitative estimate of drug-likeness (QED) is 0.793.